The molecule has 0 bridgehead atoms. The van der Waals surface area contributed by atoms with Crippen LogP contribution in [0.5, 0.6) is 0 Å². The summed E-state index contributed by atoms with van der Waals surface area (Å²) in [6.07, 6.45) is 3.66. The topological polar surface area (TPSA) is 36.9 Å². The molecule has 4 heteroatoms. The summed E-state index contributed by atoms with van der Waals surface area (Å²) in [6.45, 7) is 17.3. The molecule has 112 valence electrons. The van der Waals surface area contributed by atoms with E-state index in [1.165, 1.54) is 0 Å². The maximum Gasteiger partial charge on any atom is 0.192 e. The van der Waals surface area contributed by atoms with Gasteiger partial charge in [-0.2, -0.15) is 0 Å². The Balaban J connectivity index is 5.19. The minimum Gasteiger partial charge on any atom is -0.346 e. The highest BCUT2D eigenvalue weighted by molar-refractivity contribution is 5.01. The predicted molar refractivity (Wildman–Crippen MR) is 77.0 cm³/mol. The third-order valence-electron chi connectivity index (χ3n) is 2.67. The third kappa shape index (κ3) is 5.45. The van der Waals surface area contributed by atoms with E-state index < -0.39 is 11.6 Å². The molecule has 0 N–H and O–H groups in total. The SMILES string of the molecule is C=CC(CC(C=C)(OCC)OCC)(OCC)OCC. The highest BCUT2D eigenvalue weighted by atomic mass is 16.7. The summed E-state index contributed by atoms with van der Waals surface area (Å²) in [5.74, 6) is -1.86. The van der Waals surface area contributed by atoms with Gasteiger partial charge in [0.15, 0.2) is 11.6 Å². The second-order valence-corrected chi connectivity index (χ2v) is 3.94. The van der Waals surface area contributed by atoms with Crippen LogP contribution in [0.15, 0.2) is 25.3 Å². The zero-order chi connectivity index (χ0) is 14.8. The zero-order valence-corrected chi connectivity index (χ0v) is 12.7. The number of hydrogen-bond acceptors (Lipinski definition) is 4. The lowest BCUT2D eigenvalue weighted by Crippen LogP contribution is -2.46. The molecule has 19 heavy (non-hydrogen) atoms. The molecule has 0 saturated carbocycles. The summed E-state index contributed by atoms with van der Waals surface area (Å²) in [7, 11) is 0. The molecule has 0 aromatic carbocycles. The summed E-state index contributed by atoms with van der Waals surface area (Å²) in [4.78, 5) is 0. The predicted octanol–water partition coefficient (Wildman–Crippen LogP) is 3.29. The smallest absolute Gasteiger partial charge is 0.192 e. The molecule has 0 aromatic heterocycles. The van der Waals surface area contributed by atoms with Crippen molar-refractivity contribution >= 4 is 0 Å². The highest BCUT2D eigenvalue weighted by Gasteiger charge is 2.41. The fourth-order valence-corrected chi connectivity index (χ4v) is 1.99. The second-order valence-electron chi connectivity index (χ2n) is 3.94. The van der Waals surface area contributed by atoms with Gasteiger partial charge in [-0.15, -0.1) is 0 Å². The van der Waals surface area contributed by atoms with Crippen molar-refractivity contribution in [3.8, 4) is 0 Å². The Bertz CT molecular complexity index is 225. The monoisotopic (exact) mass is 272 g/mol. The summed E-state index contributed by atoms with van der Waals surface area (Å²) >= 11 is 0. The first-order valence-corrected chi connectivity index (χ1v) is 6.90. The van der Waals surface area contributed by atoms with Crippen molar-refractivity contribution in [3.63, 3.8) is 0 Å². The van der Waals surface area contributed by atoms with Gasteiger partial charge in [-0.3, -0.25) is 0 Å². The van der Waals surface area contributed by atoms with E-state index in [1.807, 2.05) is 27.7 Å². The van der Waals surface area contributed by atoms with Crippen molar-refractivity contribution in [2.45, 2.75) is 45.7 Å². The number of ether oxygens (including phenoxy) is 4. The van der Waals surface area contributed by atoms with Crippen LogP contribution in [0.25, 0.3) is 0 Å². The molecule has 0 aromatic rings. The standard InChI is InChI=1S/C15H28O4/c1-7-14(16-9-3,17-10-4)13-15(8-2,18-11-5)19-12-6/h7-8H,1-2,9-13H2,3-6H3. The van der Waals surface area contributed by atoms with Crippen molar-refractivity contribution in [2.75, 3.05) is 26.4 Å². The van der Waals surface area contributed by atoms with E-state index >= 15 is 0 Å². The average Bonchev–Trinajstić information content (AvgIpc) is 2.39. The fraction of sp³-hybridized carbons (Fsp3) is 0.733. The van der Waals surface area contributed by atoms with Crippen LogP contribution in [0.2, 0.25) is 0 Å². The van der Waals surface area contributed by atoms with Crippen molar-refractivity contribution in [3.05, 3.63) is 25.3 Å². The molecule has 0 rings (SSSR count). The third-order valence-corrected chi connectivity index (χ3v) is 2.67. The molecule has 0 aliphatic rings. The number of hydrogen-bond donors (Lipinski definition) is 0. The van der Waals surface area contributed by atoms with Crippen molar-refractivity contribution in [2.24, 2.45) is 0 Å². The van der Waals surface area contributed by atoms with Crippen LogP contribution in [0.4, 0.5) is 0 Å². The first kappa shape index (κ1) is 18.3. The van der Waals surface area contributed by atoms with E-state index in [0.29, 0.717) is 32.8 Å². The van der Waals surface area contributed by atoms with Crippen LogP contribution in [-0.4, -0.2) is 38.0 Å². The molecular weight excluding hydrogens is 244 g/mol. The maximum atomic E-state index is 5.72. The van der Waals surface area contributed by atoms with Crippen molar-refractivity contribution < 1.29 is 18.9 Å². The van der Waals surface area contributed by atoms with Crippen molar-refractivity contribution in [1.82, 2.24) is 0 Å². The molecule has 0 spiro atoms. The molecule has 0 unspecified atom stereocenters. The van der Waals surface area contributed by atoms with E-state index in [0.717, 1.165) is 0 Å². The zero-order valence-electron chi connectivity index (χ0n) is 12.7. The van der Waals surface area contributed by atoms with E-state index in [2.05, 4.69) is 13.2 Å². The maximum absolute atomic E-state index is 5.72. The fourth-order valence-electron chi connectivity index (χ4n) is 1.99. The van der Waals surface area contributed by atoms with E-state index in [-0.39, 0.29) is 0 Å². The van der Waals surface area contributed by atoms with Crippen LogP contribution in [0, 0.1) is 0 Å². The van der Waals surface area contributed by atoms with E-state index in [1.54, 1.807) is 12.2 Å². The minimum atomic E-state index is -0.929. The molecule has 0 heterocycles. The van der Waals surface area contributed by atoms with Crippen LogP contribution in [0.3, 0.4) is 0 Å². The van der Waals surface area contributed by atoms with Gasteiger partial charge < -0.3 is 18.9 Å². The largest absolute Gasteiger partial charge is 0.346 e. The highest BCUT2D eigenvalue weighted by Crippen LogP contribution is 2.31. The quantitative estimate of drug-likeness (QED) is 0.403. The lowest BCUT2D eigenvalue weighted by Gasteiger charge is -2.39. The van der Waals surface area contributed by atoms with Gasteiger partial charge >= 0.3 is 0 Å². The van der Waals surface area contributed by atoms with Crippen LogP contribution < -0.4 is 0 Å². The van der Waals surface area contributed by atoms with Gasteiger partial charge in [-0.25, -0.2) is 0 Å². The second kappa shape index (κ2) is 9.26. The summed E-state index contributed by atoms with van der Waals surface area (Å²) in [6, 6.07) is 0. The van der Waals surface area contributed by atoms with Crippen LogP contribution in [-0.2, 0) is 18.9 Å². The Labute approximate surface area is 117 Å². The number of rotatable bonds is 12. The van der Waals surface area contributed by atoms with Gasteiger partial charge in [0.05, 0.1) is 6.42 Å². The Morgan fingerprint density at radius 2 is 0.947 bits per heavy atom. The Kier molecular flexibility index (Phi) is 8.93. The summed E-state index contributed by atoms with van der Waals surface area (Å²) < 4.78 is 22.9. The molecule has 0 amide bonds. The van der Waals surface area contributed by atoms with Crippen LogP contribution in [0.1, 0.15) is 34.1 Å². The summed E-state index contributed by atoms with van der Waals surface area (Å²) in [5.41, 5.74) is 0. The normalized spacial score (nSPS) is 12.4. The van der Waals surface area contributed by atoms with Gasteiger partial charge in [0.25, 0.3) is 0 Å². The summed E-state index contributed by atoms with van der Waals surface area (Å²) in [5, 5.41) is 0. The van der Waals surface area contributed by atoms with E-state index in [4.69, 9.17) is 18.9 Å². The lowest BCUT2D eigenvalue weighted by atomic mass is 10.0. The Morgan fingerprint density at radius 3 is 1.11 bits per heavy atom. The Morgan fingerprint density at radius 1 is 0.684 bits per heavy atom. The molecule has 0 radical (unpaired) electrons. The van der Waals surface area contributed by atoms with E-state index in [9.17, 15) is 0 Å². The van der Waals surface area contributed by atoms with Gasteiger partial charge in [-0.05, 0) is 39.8 Å². The molecule has 0 aliphatic carbocycles. The van der Waals surface area contributed by atoms with Gasteiger partial charge in [0.2, 0.25) is 0 Å². The first-order valence-electron chi connectivity index (χ1n) is 6.90. The van der Waals surface area contributed by atoms with Gasteiger partial charge in [0, 0.05) is 26.4 Å². The first-order chi connectivity index (χ1) is 9.07. The molecule has 0 fully saturated rings. The molecule has 4 nitrogen and oxygen atoms in total. The lowest BCUT2D eigenvalue weighted by molar-refractivity contribution is -0.278. The van der Waals surface area contributed by atoms with Crippen molar-refractivity contribution in [1.29, 1.82) is 0 Å². The molecule has 0 aliphatic heterocycles. The molecule has 0 saturated heterocycles. The molecule has 0 atom stereocenters. The van der Waals surface area contributed by atoms with Gasteiger partial charge in [0.1, 0.15) is 0 Å². The minimum absolute atomic E-state index is 0.357. The van der Waals surface area contributed by atoms with Crippen LogP contribution >= 0.6 is 0 Å². The molecular formula is C15H28O4. The van der Waals surface area contributed by atoms with Gasteiger partial charge in [-0.1, -0.05) is 13.2 Å². The Hall–Kier alpha value is -0.680. The average molecular weight is 272 g/mol.